The summed E-state index contributed by atoms with van der Waals surface area (Å²) >= 11 is 0. The van der Waals surface area contributed by atoms with Crippen molar-refractivity contribution in [3.05, 3.63) is 35.9 Å². The van der Waals surface area contributed by atoms with Crippen LogP contribution < -0.4 is 4.90 Å². The number of hydrogen-bond acceptors (Lipinski definition) is 3. The van der Waals surface area contributed by atoms with Gasteiger partial charge < -0.3 is 10.0 Å². The highest BCUT2D eigenvalue weighted by molar-refractivity contribution is 6.02. The Morgan fingerprint density at radius 1 is 1.29 bits per heavy atom. The standard InChI is InChI=1S/C17H20N2O2/c1-2-19(12-6-3-4-7-12)16-11-10-13-14(17(20)21)8-5-9-15(13)18-16/h5,8-12H,2-4,6-7H2,1H3,(H,20,21). The van der Waals surface area contributed by atoms with Gasteiger partial charge in [-0.3, -0.25) is 0 Å². The molecule has 0 saturated heterocycles. The number of benzene rings is 1. The highest BCUT2D eigenvalue weighted by atomic mass is 16.4. The Balaban J connectivity index is 2.02. The molecule has 3 rings (SSSR count). The maximum absolute atomic E-state index is 11.3. The molecule has 0 spiro atoms. The van der Waals surface area contributed by atoms with Gasteiger partial charge in [-0.2, -0.15) is 0 Å². The van der Waals surface area contributed by atoms with Gasteiger partial charge in [0.2, 0.25) is 0 Å². The molecule has 1 aromatic carbocycles. The number of carboxylic acids is 1. The van der Waals surface area contributed by atoms with Crippen LogP contribution in [0, 0.1) is 0 Å². The third-order valence-electron chi connectivity index (χ3n) is 4.35. The first-order valence-corrected chi connectivity index (χ1v) is 7.60. The number of nitrogens with zero attached hydrogens (tertiary/aromatic N) is 2. The molecule has 0 atom stereocenters. The molecule has 1 saturated carbocycles. The van der Waals surface area contributed by atoms with Crippen LogP contribution in [0.2, 0.25) is 0 Å². The molecule has 0 aliphatic heterocycles. The van der Waals surface area contributed by atoms with E-state index in [1.54, 1.807) is 12.1 Å². The fourth-order valence-electron chi connectivity index (χ4n) is 3.31. The molecule has 4 nitrogen and oxygen atoms in total. The van der Waals surface area contributed by atoms with Gasteiger partial charge in [-0.1, -0.05) is 18.9 Å². The predicted molar refractivity (Wildman–Crippen MR) is 84.0 cm³/mol. The molecular weight excluding hydrogens is 264 g/mol. The van der Waals surface area contributed by atoms with Gasteiger partial charge >= 0.3 is 5.97 Å². The normalized spacial score (nSPS) is 15.5. The first-order chi connectivity index (χ1) is 10.2. The van der Waals surface area contributed by atoms with Gasteiger partial charge in [-0.05, 0) is 44.0 Å². The monoisotopic (exact) mass is 284 g/mol. The van der Waals surface area contributed by atoms with Crippen LogP contribution in [0.1, 0.15) is 43.0 Å². The van der Waals surface area contributed by atoms with Crippen molar-refractivity contribution in [2.24, 2.45) is 0 Å². The van der Waals surface area contributed by atoms with Crippen LogP contribution in [0.4, 0.5) is 5.82 Å². The number of pyridine rings is 1. The van der Waals surface area contributed by atoms with E-state index < -0.39 is 5.97 Å². The molecule has 110 valence electrons. The number of anilines is 1. The van der Waals surface area contributed by atoms with Crippen molar-refractivity contribution >= 4 is 22.7 Å². The van der Waals surface area contributed by atoms with E-state index in [9.17, 15) is 9.90 Å². The summed E-state index contributed by atoms with van der Waals surface area (Å²) in [7, 11) is 0. The molecule has 21 heavy (non-hydrogen) atoms. The third kappa shape index (κ3) is 2.58. The number of hydrogen-bond donors (Lipinski definition) is 1. The molecule has 4 heteroatoms. The summed E-state index contributed by atoms with van der Waals surface area (Å²) in [5.41, 5.74) is 1.07. The molecule has 0 amide bonds. The lowest BCUT2D eigenvalue weighted by Crippen LogP contribution is -2.33. The number of rotatable bonds is 4. The zero-order valence-electron chi connectivity index (χ0n) is 12.2. The van der Waals surface area contributed by atoms with Crippen LogP contribution in [0.15, 0.2) is 30.3 Å². The number of aromatic carboxylic acids is 1. The second-order valence-electron chi connectivity index (χ2n) is 5.57. The fraction of sp³-hybridized carbons (Fsp3) is 0.412. The molecule has 1 aliphatic rings. The first kappa shape index (κ1) is 13.9. The Hall–Kier alpha value is -2.10. The van der Waals surface area contributed by atoms with Crippen molar-refractivity contribution in [2.45, 2.75) is 38.6 Å². The molecule has 0 unspecified atom stereocenters. The lowest BCUT2D eigenvalue weighted by atomic mass is 10.1. The second kappa shape index (κ2) is 5.72. The molecule has 1 heterocycles. The minimum absolute atomic E-state index is 0.315. The minimum Gasteiger partial charge on any atom is -0.478 e. The van der Waals surface area contributed by atoms with E-state index in [0.29, 0.717) is 17.0 Å². The van der Waals surface area contributed by atoms with Crippen molar-refractivity contribution in [1.29, 1.82) is 0 Å². The molecule has 1 N–H and O–H groups in total. The largest absolute Gasteiger partial charge is 0.478 e. The minimum atomic E-state index is -0.904. The lowest BCUT2D eigenvalue weighted by Gasteiger charge is -2.29. The Morgan fingerprint density at radius 3 is 2.71 bits per heavy atom. The van der Waals surface area contributed by atoms with Crippen LogP contribution in [-0.4, -0.2) is 28.6 Å². The van der Waals surface area contributed by atoms with Gasteiger partial charge in [0.25, 0.3) is 0 Å². The van der Waals surface area contributed by atoms with Crippen molar-refractivity contribution in [3.8, 4) is 0 Å². The van der Waals surface area contributed by atoms with E-state index in [4.69, 9.17) is 4.98 Å². The van der Waals surface area contributed by atoms with Crippen LogP contribution in [0.3, 0.4) is 0 Å². The lowest BCUT2D eigenvalue weighted by molar-refractivity contribution is 0.0699. The number of carbonyl (C=O) groups is 1. The summed E-state index contributed by atoms with van der Waals surface area (Å²) in [6, 6.07) is 9.68. The topological polar surface area (TPSA) is 53.4 Å². The zero-order valence-corrected chi connectivity index (χ0v) is 12.2. The Bertz CT molecular complexity index is 663. The summed E-state index contributed by atoms with van der Waals surface area (Å²) < 4.78 is 0. The van der Waals surface area contributed by atoms with Gasteiger partial charge in [-0.15, -0.1) is 0 Å². The van der Waals surface area contributed by atoms with E-state index >= 15 is 0 Å². The van der Waals surface area contributed by atoms with Gasteiger partial charge in [-0.25, -0.2) is 9.78 Å². The van der Waals surface area contributed by atoms with Crippen molar-refractivity contribution in [1.82, 2.24) is 4.98 Å². The Morgan fingerprint density at radius 2 is 2.05 bits per heavy atom. The summed E-state index contributed by atoms with van der Waals surface area (Å²) in [4.78, 5) is 18.3. The molecule has 1 aliphatic carbocycles. The van der Waals surface area contributed by atoms with Crippen molar-refractivity contribution in [2.75, 3.05) is 11.4 Å². The fourth-order valence-corrected chi connectivity index (χ4v) is 3.31. The highest BCUT2D eigenvalue weighted by Crippen LogP contribution is 2.28. The average Bonchev–Trinajstić information content (AvgIpc) is 3.01. The van der Waals surface area contributed by atoms with Gasteiger partial charge in [0.05, 0.1) is 11.1 Å². The molecular formula is C17H20N2O2. The second-order valence-corrected chi connectivity index (χ2v) is 5.57. The Kier molecular flexibility index (Phi) is 3.78. The summed E-state index contributed by atoms with van der Waals surface area (Å²) in [6.45, 7) is 3.08. The molecule has 1 aromatic heterocycles. The van der Waals surface area contributed by atoms with Crippen LogP contribution >= 0.6 is 0 Å². The highest BCUT2D eigenvalue weighted by Gasteiger charge is 2.22. The van der Waals surface area contributed by atoms with Gasteiger partial charge in [0.15, 0.2) is 0 Å². The average molecular weight is 284 g/mol. The quantitative estimate of drug-likeness (QED) is 0.930. The van der Waals surface area contributed by atoms with Crippen LogP contribution in [0.25, 0.3) is 10.9 Å². The van der Waals surface area contributed by atoms with Crippen molar-refractivity contribution in [3.63, 3.8) is 0 Å². The van der Waals surface area contributed by atoms with E-state index in [-0.39, 0.29) is 0 Å². The maximum Gasteiger partial charge on any atom is 0.336 e. The summed E-state index contributed by atoms with van der Waals surface area (Å²) in [5.74, 6) is 0.0535. The number of fused-ring (bicyclic) bond motifs is 1. The summed E-state index contributed by atoms with van der Waals surface area (Å²) in [6.07, 6.45) is 5.03. The number of aromatic nitrogens is 1. The smallest absolute Gasteiger partial charge is 0.336 e. The predicted octanol–water partition coefficient (Wildman–Crippen LogP) is 3.70. The Labute approximate surface area is 124 Å². The van der Waals surface area contributed by atoms with Crippen molar-refractivity contribution < 1.29 is 9.90 Å². The molecule has 2 aromatic rings. The van der Waals surface area contributed by atoms with E-state index in [2.05, 4.69) is 11.8 Å². The molecule has 0 radical (unpaired) electrons. The first-order valence-electron chi connectivity index (χ1n) is 7.60. The zero-order chi connectivity index (χ0) is 14.8. The third-order valence-corrected chi connectivity index (χ3v) is 4.35. The number of carboxylic acid groups (broad SMARTS) is 1. The van der Waals surface area contributed by atoms with E-state index in [1.807, 2.05) is 18.2 Å². The van der Waals surface area contributed by atoms with Gasteiger partial charge in [0, 0.05) is 18.0 Å². The van der Waals surface area contributed by atoms with E-state index in [0.717, 1.165) is 17.9 Å². The SMILES string of the molecule is CCN(c1ccc2c(C(=O)O)cccc2n1)C1CCCC1. The van der Waals surface area contributed by atoms with Crippen LogP contribution in [-0.2, 0) is 0 Å². The summed E-state index contributed by atoms with van der Waals surface area (Å²) in [5, 5.41) is 9.95. The maximum atomic E-state index is 11.3. The molecule has 1 fully saturated rings. The van der Waals surface area contributed by atoms with Crippen LogP contribution in [0.5, 0.6) is 0 Å². The van der Waals surface area contributed by atoms with Gasteiger partial charge in [0.1, 0.15) is 5.82 Å². The molecule has 0 bridgehead atoms. The van der Waals surface area contributed by atoms with E-state index in [1.165, 1.54) is 25.7 Å².